The summed E-state index contributed by atoms with van der Waals surface area (Å²) in [5, 5.41) is 6.87. The molecule has 0 saturated carbocycles. The summed E-state index contributed by atoms with van der Waals surface area (Å²) in [4.78, 5) is 20.4. The van der Waals surface area contributed by atoms with Crippen LogP contribution in [0.2, 0.25) is 0 Å². The van der Waals surface area contributed by atoms with Crippen molar-refractivity contribution in [1.29, 1.82) is 0 Å². The van der Waals surface area contributed by atoms with Gasteiger partial charge in [-0.3, -0.25) is 14.5 Å². The standard InChI is InChI=1S/C15H16N6O/c22-14(12-21-9-3-6-19-21)17-7-10-20-11-8-18-15(20)13-4-1-2-5-16-13/h1-6,8-9,11H,7,10,12H2,(H,17,22). The van der Waals surface area contributed by atoms with Crippen molar-refractivity contribution in [3.8, 4) is 11.5 Å². The highest BCUT2D eigenvalue weighted by Crippen LogP contribution is 2.13. The summed E-state index contributed by atoms with van der Waals surface area (Å²) >= 11 is 0. The number of carbonyl (C=O) groups is 1. The second-order valence-corrected chi connectivity index (χ2v) is 4.71. The fourth-order valence-corrected chi connectivity index (χ4v) is 2.13. The van der Waals surface area contributed by atoms with Gasteiger partial charge in [0.05, 0.1) is 0 Å². The van der Waals surface area contributed by atoms with Crippen molar-refractivity contribution < 1.29 is 4.79 Å². The lowest BCUT2D eigenvalue weighted by Gasteiger charge is -2.09. The van der Waals surface area contributed by atoms with Crippen LogP contribution in [0.3, 0.4) is 0 Å². The molecule has 112 valence electrons. The minimum atomic E-state index is -0.0665. The zero-order valence-corrected chi connectivity index (χ0v) is 12.0. The van der Waals surface area contributed by atoms with Crippen LogP contribution in [0.1, 0.15) is 0 Å². The van der Waals surface area contributed by atoms with E-state index in [2.05, 4.69) is 20.4 Å². The molecule has 0 saturated heterocycles. The van der Waals surface area contributed by atoms with E-state index in [0.717, 1.165) is 11.5 Å². The van der Waals surface area contributed by atoms with E-state index in [0.29, 0.717) is 13.1 Å². The first-order chi connectivity index (χ1) is 10.8. The molecular weight excluding hydrogens is 280 g/mol. The summed E-state index contributed by atoms with van der Waals surface area (Å²) in [6, 6.07) is 7.49. The van der Waals surface area contributed by atoms with Gasteiger partial charge >= 0.3 is 0 Å². The Morgan fingerprint density at radius 3 is 2.82 bits per heavy atom. The van der Waals surface area contributed by atoms with Gasteiger partial charge in [-0.2, -0.15) is 5.10 Å². The molecule has 0 unspecified atom stereocenters. The maximum Gasteiger partial charge on any atom is 0.241 e. The Labute approximate surface area is 127 Å². The molecule has 7 nitrogen and oxygen atoms in total. The van der Waals surface area contributed by atoms with E-state index in [1.807, 2.05) is 29.0 Å². The van der Waals surface area contributed by atoms with Crippen molar-refractivity contribution in [2.75, 3.05) is 6.54 Å². The van der Waals surface area contributed by atoms with Crippen molar-refractivity contribution in [3.63, 3.8) is 0 Å². The average Bonchev–Trinajstić information content (AvgIpc) is 3.20. The van der Waals surface area contributed by atoms with Gasteiger partial charge in [0.25, 0.3) is 0 Å². The number of amides is 1. The molecule has 0 aliphatic carbocycles. The summed E-state index contributed by atoms with van der Waals surface area (Å²) < 4.78 is 3.56. The average molecular weight is 296 g/mol. The van der Waals surface area contributed by atoms with Crippen molar-refractivity contribution in [2.45, 2.75) is 13.1 Å². The predicted molar refractivity (Wildman–Crippen MR) is 80.7 cm³/mol. The minimum absolute atomic E-state index is 0.0665. The first-order valence-electron chi connectivity index (χ1n) is 6.99. The zero-order chi connectivity index (χ0) is 15.2. The fraction of sp³-hybridized carbons (Fsp3) is 0.200. The maximum atomic E-state index is 11.8. The topological polar surface area (TPSA) is 77.6 Å². The Hall–Kier alpha value is -2.96. The highest BCUT2D eigenvalue weighted by Gasteiger charge is 2.07. The third-order valence-electron chi connectivity index (χ3n) is 3.15. The molecule has 0 radical (unpaired) electrons. The molecule has 1 N–H and O–H groups in total. The number of nitrogens with zero attached hydrogens (tertiary/aromatic N) is 5. The molecule has 0 aliphatic rings. The molecule has 0 aliphatic heterocycles. The van der Waals surface area contributed by atoms with E-state index >= 15 is 0 Å². The number of hydrogen-bond acceptors (Lipinski definition) is 4. The lowest BCUT2D eigenvalue weighted by atomic mass is 10.3. The van der Waals surface area contributed by atoms with E-state index in [1.165, 1.54) is 0 Å². The van der Waals surface area contributed by atoms with Gasteiger partial charge in [-0.15, -0.1) is 0 Å². The monoisotopic (exact) mass is 296 g/mol. The molecule has 0 atom stereocenters. The lowest BCUT2D eigenvalue weighted by Crippen LogP contribution is -2.30. The molecule has 7 heteroatoms. The first kappa shape index (κ1) is 14.0. The number of imidazole rings is 1. The Balaban J connectivity index is 1.54. The van der Waals surface area contributed by atoms with Gasteiger partial charge in [0.2, 0.25) is 5.91 Å². The van der Waals surface area contributed by atoms with Crippen molar-refractivity contribution >= 4 is 5.91 Å². The maximum absolute atomic E-state index is 11.8. The van der Waals surface area contributed by atoms with Crippen molar-refractivity contribution in [2.24, 2.45) is 0 Å². The Bertz CT molecular complexity index is 720. The molecule has 0 spiro atoms. The number of aromatic nitrogens is 5. The largest absolute Gasteiger partial charge is 0.353 e. The second-order valence-electron chi connectivity index (χ2n) is 4.71. The van der Waals surface area contributed by atoms with Gasteiger partial charge in [-0.25, -0.2) is 4.98 Å². The number of carbonyl (C=O) groups excluding carboxylic acids is 1. The molecule has 3 heterocycles. The van der Waals surface area contributed by atoms with Crippen molar-refractivity contribution in [1.82, 2.24) is 29.6 Å². The quantitative estimate of drug-likeness (QED) is 0.735. The van der Waals surface area contributed by atoms with Crippen molar-refractivity contribution in [3.05, 3.63) is 55.2 Å². The number of pyridine rings is 1. The Morgan fingerprint density at radius 2 is 2.05 bits per heavy atom. The smallest absolute Gasteiger partial charge is 0.241 e. The number of hydrogen-bond donors (Lipinski definition) is 1. The second kappa shape index (κ2) is 6.66. The van der Waals surface area contributed by atoms with Crippen LogP contribution in [-0.4, -0.2) is 36.8 Å². The predicted octanol–water partition coefficient (Wildman–Crippen LogP) is 0.958. The summed E-state index contributed by atoms with van der Waals surface area (Å²) in [5.41, 5.74) is 0.815. The van der Waals surface area contributed by atoms with Crippen LogP contribution in [0.15, 0.2) is 55.2 Å². The lowest BCUT2D eigenvalue weighted by molar-refractivity contribution is -0.121. The van der Waals surface area contributed by atoms with Gasteiger partial charge in [0.1, 0.15) is 12.2 Å². The van der Waals surface area contributed by atoms with Gasteiger partial charge < -0.3 is 9.88 Å². The van der Waals surface area contributed by atoms with Gasteiger partial charge in [-0.1, -0.05) is 6.07 Å². The fourth-order valence-electron chi connectivity index (χ4n) is 2.13. The number of rotatable bonds is 6. The molecule has 3 aromatic heterocycles. The third-order valence-corrected chi connectivity index (χ3v) is 3.15. The minimum Gasteiger partial charge on any atom is -0.353 e. The molecule has 0 fully saturated rings. The van der Waals surface area contributed by atoms with E-state index in [9.17, 15) is 4.79 Å². The van der Waals surface area contributed by atoms with Crippen LogP contribution < -0.4 is 5.32 Å². The molecule has 0 bridgehead atoms. The normalized spacial score (nSPS) is 10.5. The third kappa shape index (κ3) is 3.38. The highest BCUT2D eigenvalue weighted by molar-refractivity contribution is 5.75. The summed E-state index contributed by atoms with van der Waals surface area (Å²) in [7, 11) is 0. The molecule has 3 aromatic rings. The van der Waals surface area contributed by atoms with E-state index < -0.39 is 0 Å². The highest BCUT2D eigenvalue weighted by atomic mass is 16.2. The van der Waals surface area contributed by atoms with Crippen LogP contribution in [0.5, 0.6) is 0 Å². The van der Waals surface area contributed by atoms with E-state index in [1.54, 1.807) is 35.5 Å². The van der Waals surface area contributed by atoms with E-state index in [-0.39, 0.29) is 12.5 Å². The Kier molecular flexibility index (Phi) is 4.24. The molecular formula is C15H16N6O. The van der Waals surface area contributed by atoms with Crippen LogP contribution in [-0.2, 0) is 17.9 Å². The van der Waals surface area contributed by atoms with Crippen LogP contribution in [0.4, 0.5) is 0 Å². The SMILES string of the molecule is O=C(Cn1cccn1)NCCn1ccnc1-c1ccccn1. The molecule has 0 aromatic carbocycles. The van der Waals surface area contributed by atoms with Gasteiger partial charge in [0, 0.05) is 44.1 Å². The number of nitrogens with one attached hydrogen (secondary N) is 1. The summed E-state index contributed by atoms with van der Waals surface area (Å²) in [6.45, 7) is 1.39. The molecule has 22 heavy (non-hydrogen) atoms. The van der Waals surface area contributed by atoms with Crippen LogP contribution in [0, 0.1) is 0 Å². The molecule has 1 amide bonds. The van der Waals surface area contributed by atoms with Crippen LogP contribution >= 0.6 is 0 Å². The Morgan fingerprint density at radius 1 is 1.09 bits per heavy atom. The van der Waals surface area contributed by atoms with Gasteiger partial charge in [0.15, 0.2) is 5.82 Å². The first-order valence-corrected chi connectivity index (χ1v) is 6.99. The summed E-state index contributed by atoms with van der Waals surface area (Å²) in [6.07, 6.45) is 8.76. The summed E-state index contributed by atoms with van der Waals surface area (Å²) in [5.74, 6) is 0.727. The zero-order valence-electron chi connectivity index (χ0n) is 12.0. The van der Waals surface area contributed by atoms with Crippen LogP contribution in [0.25, 0.3) is 11.5 Å². The molecule has 3 rings (SSSR count). The van der Waals surface area contributed by atoms with Gasteiger partial charge in [-0.05, 0) is 18.2 Å². The van der Waals surface area contributed by atoms with E-state index in [4.69, 9.17) is 0 Å².